The van der Waals surface area contributed by atoms with Gasteiger partial charge in [-0.05, 0) is 49.2 Å². The van der Waals surface area contributed by atoms with E-state index in [1.807, 2.05) is 6.92 Å². The first kappa shape index (κ1) is 26.1. The SMILES string of the molecule is CO[C@@H]1CN(C)C(=O)c2cc(NC(=O)Nc3cc(Cl)cc(Cl)c3)ccc2OC[C@H](C)NC[C@@H]1C. The van der Waals surface area contributed by atoms with Gasteiger partial charge in [-0.25, -0.2) is 4.79 Å². The molecule has 3 amide bonds. The van der Waals surface area contributed by atoms with E-state index in [1.165, 1.54) is 0 Å². The van der Waals surface area contributed by atoms with Gasteiger partial charge in [0.15, 0.2) is 0 Å². The molecule has 0 saturated carbocycles. The summed E-state index contributed by atoms with van der Waals surface area (Å²) in [6, 6.07) is 9.29. The van der Waals surface area contributed by atoms with Crippen molar-refractivity contribution < 1.29 is 19.1 Å². The Balaban J connectivity index is 1.83. The summed E-state index contributed by atoms with van der Waals surface area (Å²) in [4.78, 5) is 27.5. The van der Waals surface area contributed by atoms with Crippen LogP contribution in [-0.2, 0) is 4.74 Å². The van der Waals surface area contributed by atoms with Gasteiger partial charge in [-0.3, -0.25) is 4.79 Å². The van der Waals surface area contributed by atoms with Crippen molar-refractivity contribution in [3.05, 3.63) is 52.0 Å². The van der Waals surface area contributed by atoms with Crippen LogP contribution in [-0.4, -0.2) is 62.8 Å². The molecule has 184 valence electrons. The molecule has 8 nitrogen and oxygen atoms in total. The Morgan fingerprint density at radius 1 is 1.12 bits per heavy atom. The Bertz CT molecular complexity index is 1020. The molecule has 0 fully saturated rings. The number of rotatable bonds is 3. The second-order valence-corrected chi connectivity index (χ2v) is 9.38. The number of methoxy groups -OCH3 is 1. The molecule has 0 aromatic heterocycles. The van der Waals surface area contributed by atoms with Crippen LogP contribution in [0.15, 0.2) is 36.4 Å². The molecular weight excluding hydrogens is 479 g/mol. The van der Waals surface area contributed by atoms with Crippen molar-refractivity contribution in [1.82, 2.24) is 10.2 Å². The van der Waals surface area contributed by atoms with E-state index in [-0.39, 0.29) is 24.0 Å². The standard InChI is InChI=1S/C24H30Cl2N4O4/c1-14-11-27-15(2)13-34-21-6-5-18(10-20(21)23(31)30(3)12-22(14)33-4)28-24(32)29-19-8-16(25)7-17(26)9-19/h5-10,14-15,22,27H,11-13H2,1-4H3,(H2,28,29,32)/t14-,15-,22+/m0/s1. The number of halogens is 2. The summed E-state index contributed by atoms with van der Waals surface area (Å²) in [5.74, 6) is 0.412. The lowest BCUT2D eigenvalue weighted by Crippen LogP contribution is -2.44. The maximum Gasteiger partial charge on any atom is 0.323 e. The minimum absolute atomic E-state index is 0.0770. The van der Waals surface area contributed by atoms with Crippen LogP contribution in [0.5, 0.6) is 5.75 Å². The quantitative estimate of drug-likeness (QED) is 0.557. The van der Waals surface area contributed by atoms with E-state index < -0.39 is 6.03 Å². The van der Waals surface area contributed by atoms with E-state index in [0.717, 1.165) is 6.54 Å². The molecule has 3 rings (SSSR count). The molecule has 1 aliphatic rings. The molecule has 3 N–H and O–H groups in total. The molecule has 2 aromatic rings. The molecule has 0 saturated heterocycles. The summed E-state index contributed by atoms with van der Waals surface area (Å²) in [7, 11) is 3.38. The number of carbonyl (C=O) groups is 2. The largest absolute Gasteiger partial charge is 0.491 e. The first-order valence-corrected chi connectivity index (χ1v) is 11.7. The number of likely N-dealkylation sites (N-methyl/N-ethyl adjacent to an activating group) is 1. The number of ether oxygens (including phenoxy) is 2. The van der Waals surface area contributed by atoms with Crippen molar-refractivity contribution in [2.75, 3.05) is 44.5 Å². The number of carbonyl (C=O) groups excluding carboxylic acids is 2. The van der Waals surface area contributed by atoms with Gasteiger partial charge in [0.05, 0.1) is 11.7 Å². The molecular formula is C24H30Cl2N4O4. The van der Waals surface area contributed by atoms with Crippen LogP contribution >= 0.6 is 23.2 Å². The van der Waals surface area contributed by atoms with Crippen molar-refractivity contribution in [3.8, 4) is 5.75 Å². The van der Waals surface area contributed by atoms with Crippen LogP contribution in [0.4, 0.5) is 16.2 Å². The first-order valence-electron chi connectivity index (χ1n) is 11.0. The number of benzene rings is 2. The van der Waals surface area contributed by atoms with E-state index >= 15 is 0 Å². The molecule has 0 spiro atoms. The lowest BCUT2D eigenvalue weighted by atomic mass is 10.0. The average Bonchev–Trinajstić information content (AvgIpc) is 2.77. The highest BCUT2D eigenvalue weighted by molar-refractivity contribution is 6.35. The van der Waals surface area contributed by atoms with E-state index in [4.69, 9.17) is 32.7 Å². The molecule has 1 heterocycles. The fraction of sp³-hybridized carbons (Fsp3) is 0.417. The van der Waals surface area contributed by atoms with Gasteiger partial charge < -0.3 is 30.3 Å². The second kappa shape index (κ2) is 11.8. The zero-order valence-electron chi connectivity index (χ0n) is 19.7. The van der Waals surface area contributed by atoms with E-state index in [2.05, 4.69) is 22.9 Å². The number of hydrogen-bond acceptors (Lipinski definition) is 5. The smallest absolute Gasteiger partial charge is 0.323 e. The van der Waals surface area contributed by atoms with Crippen molar-refractivity contribution in [3.63, 3.8) is 0 Å². The van der Waals surface area contributed by atoms with Crippen molar-refractivity contribution in [2.45, 2.75) is 26.0 Å². The van der Waals surface area contributed by atoms with Crippen LogP contribution in [0.2, 0.25) is 10.0 Å². The summed E-state index contributed by atoms with van der Waals surface area (Å²) in [6.07, 6.45) is -0.131. The number of hydrogen-bond donors (Lipinski definition) is 3. The predicted octanol–water partition coefficient (Wildman–Crippen LogP) is 4.73. The molecule has 10 heteroatoms. The number of fused-ring (bicyclic) bond motifs is 1. The monoisotopic (exact) mass is 508 g/mol. The fourth-order valence-corrected chi connectivity index (χ4v) is 4.18. The Hall–Kier alpha value is -2.52. The Kier molecular flexibility index (Phi) is 9.02. The summed E-state index contributed by atoms with van der Waals surface area (Å²) >= 11 is 12.0. The van der Waals surface area contributed by atoms with Crippen LogP contribution < -0.4 is 20.7 Å². The Morgan fingerprint density at radius 3 is 2.47 bits per heavy atom. The van der Waals surface area contributed by atoms with Crippen LogP contribution in [0.1, 0.15) is 24.2 Å². The molecule has 3 atom stereocenters. The van der Waals surface area contributed by atoms with Crippen molar-refractivity contribution in [1.29, 1.82) is 0 Å². The molecule has 1 aliphatic heterocycles. The maximum atomic E-state index is 13.3. The lowest BCUT2D eigenvalue weighted by Gasteiger charge is -2.30. The number of anilines is 2. The number of nitrogens with one attached hydrogen (secondary N) is 3. The molecule has 0 radical (unpaired) electrons. The number of urea groups is 1. The zero-order chi connectivity index (χ0) is 24.8. The molecule has 2 aromatic carbocycles. The summed E-state index contributed by atoms with van der Waals surface area (Å²) in [5, 5.41) is 9.67. The van der Waals surface area contributed by atoms with Crippen LogP contribution in [0.25, 0.3) is 0 Å². The third kappa shape index (κ3) is 6.99. The van der Waals surface area contributed by atoms with Crippen molar-refractivity contribution >= 4 is 46.5 Å². The van der Waals surface area contributed by atoms with Gasteiger partial charge in [0.2, 0.25) is 0 Å². The Morgan fingerprint density at radius 2 is 1.79 bits per heavy atom. The highest BCUT2D eigenvalue weighted by Gasteiger charge is 2.25. The number of nitrogens with zero attached hydrogens (tertiary/aromatic N) is 1. The minimum Gasteiger partial charge on any atom is -0.491 e. The highest BCUT2D eigenvalue weighted by Crippen LogP contribution is 2.26. The van der Waals surface area contributed by atoms with Gasteiger partial charge in [0.1, 0.15) is 12.4 Å². The summed E-state index contributed by atoms with van der Waals surface area (Å²) < 4.78 is 11.6. The Labute approximate surface area is 209 Å². The highest BCUT2D eigenvalue weighted by atomic mass is 35.5. The number of amides is 3. The topological polar surface area (TPSA) is 91.9 Å². The van der Waals surface area contributed by atoms with Gasteiger partial charge in [0.25, 0.3) is 5.91 Å². The summed E-state index contributed by atoms with van der Waals surface area (Å²) in [5.41, 5.74) is 1.23. The van der Waals surface area contributed by atoms with Gasteiger partial charge in [-0.15, -0.1) is 0 Å². The van der Waals surface area contributed by atoms with Crippen LogP contribution in [0, 0.1) is 5.92 Å². The van der Waals surface area contributed by atoms with Gasteiger partial charge >= 0.3 is 6.03 Å². The van der Waals surface area contributed by atoms with E-state index in [0.29, 0.717) is 45.9 Å². The first-order chi connectivity index (χ1) is 16.2. The van der Waals surface area contributed by atoms with Gasteiger partial charge in [-0.1, -0.05) is 30.1 Å². The zero-order valence-corrected chi connectivity index (χ0v) is 21.2. The molecule has 0 unspecified atom stereocenters. The van der Waals surface area contributed by atoms with Crippen molar-refractivity contribution in [2.24, 2.45) is 5.92 Å². The second-order valence-electron chi connectivity index (χ2n) is 8.51. The molecule has 34 heavy (non-hydrogen) atoms. The van der Waals surface area contributed by atoms with E-state index in [9.17, 15) is 9.59 Å². The normalized spacial score (nSPS) is 21.5. The predicted molar refractivity (Wildman–Crippen MR) is 135 cm³/mol. The minimum atomic E-state index is -0.501. The molecule has 0 bridgehead atoms. The fourth-order valence-electron chi connectivity index (χ4n) is 3.66. The third-order valence-corrected chi connectivity index (χ3v) is 6.04. The van der Waals surface area contributed by atoms with Gasteiger partial charge in [-0.2, -0.15) is 0 Å². The van der Waals surface area contributed by atoms with Gasteiger partial charge in [0, 0.05) is 54.7 Å². The molecule has 0 aliphatic carbocycles. The van der Waals surface area contributed by atoms with Crippen LogP contribution in [0.3, 0.4) is 0 Å². The third-order valence-electron chi connectivity index (χ3n) is 5.60. The summed E-state index contributed by atoms with van der Waals surface area (Å²) in [6.45, 7) is 5.65. The van der Waals surface area contributed by atoms with E-state index in [1.54, 1.807) is 55.5 Å². The maximum absolute atomic E-state index is 13.3. The average molecular weight is 509 g/mol. The lowest BCUT2D eigenvalue weighted by molar-refractivity contribution is 0.0281.